The van der Waals surface area contributed by atoms with E-state index in [0.29, 0.717) is 11.1 Å². The molecule has 0 aliphatic heterocycles. The van der Waals surface area contributed by atoms with E-state index >= 15 is 0 Å². The minimum atomic E-state index is -4.54. The largest absolute Gasteiger partial charge is 0.462 e. The van der Waals surface area contributed by atoms with Crippen LogP contribution in [0.15, 0.2) is 42.5 Å². The van der Waals surface area contributed by atoms with E-state index in [4.69, 9.17) is 4.74 Å². The van der Waals surface area contributed by atoms with E-state index in [1.54, 1.807) is 31.2 Å². The van der Waals surface area contributed by atoms with Crippen LogP contribution >= 0.6 is 0 Å². The molecule has 0 heterocycles. The molecule has 0 bridgehead atoms. The fourth-order valence-electron chi connectivity index (χ4n) is 2.29. The van der Waals surface area contributed by atoms with E-state index in [1.807, 2.05) is 0 Å². The Morgan fingerprint density at radius 2 is 1.87 bits per heavy atom. The van der Waals surface area contributed by atoms with Crippen LogP contribution in [0.5, 0.6) is 0 Å². The van der Waals surface area contributed by atoms with Crippen molar-refractivity contribution in [2.75, 3.05) is 6.61 Å². The van der Waals surface area contributed by atoms with Crippen molar-refractivity contribution in [3.63, 3.8) is 0 Å². The van der Waals surface area contributed by atoms with Gasteiger partial charge in [-0.15, -0.1) is 0 Å². The molecule has 0 saturated heterocycles. The first-order chi connectivity index (χ1) is 10.9. The minimum absolute atomic E-state index is 0.196. The first-order valence-corrected chi connectivity index (χ1v) is 6.96. The maximum Gasteiger partial charge on any atom is 0.416 e. The summed E-state index contributed by atoms with van der Waals surface area (Å²) in [5, 5.41) is 9.22. The van der Waals surface area contributed by atoms with Crippen molar-refractivity contribution >= 4 is 5.97 Å². The smallest absolute Gasteiger partial charge is 0.416 e. The zero-order valence-corrected chi connectivity index (χ0v) is 12.4. The molecule has 0 atom stereocenters. The molecular weight excluding hydrogens is 309 g/mol. The minimum Gasteiger partial charge on any atom is -0.462 e. The van der Waals surface area contributed by atoms with Crippen molar-refractivity contribution < 1.29 is 27.8 Å². The van der Waals surface area contributed by atoms with Crippen LogP contribution in [0.1, 0.15) is 28.4 Å². The number of carbonyl (C=O) groups excluding carboxylic acids is 1. The first kappa shape index (κ1) is 17.0. The van der Waals surface area contributed by atoms with Gasteiger partial charge in [0.05, 0.1) is 24.3 Å². The molecule has 122 valence electrons. The molecule has 0 aliphatic rings. The van der Waals surface area contributed by atoms with Crippen LogP contribution < -0.4 is 0 Å². The standard InChI is InChI=1S/C17H15F3O3/c1-2-23-16(22)14-6-4-3-5-13(14)11-7-8-15(17(18,19)20)12(9-11)10-21/h3-9,21H,2,10H2,1H3. The Hall–Kier alpha value is -2.34. The van der Waals surface area contributed by atoms with E-state index in [0.717, 1.165) is 6.07 Å². The van der Waals surface area contributed by atoms with Gasteiger partial charge in [0.2, 0.25) is 0 Å². The summed E-state index contributed by atoms with van der Waals surface area (Å²) in [7, 11) is 0. The third-order valence-corrected chi connectivity index (χ3v) is 3.31. The zero-order valence-electron chi connectivity index (χ0n) is 12.4. The van der Waals surface area contributed by atoms with Gasteiger partial charge in [-0.25, -0.2) is 4.79 Å². The fraction of sp³-hybridized carbons (Fsp3) is 0.235. The van der Waals surface area contributed by atoms with Crippen molar-refractivity contribution in [3.05, 3.63) is 59.2 Å². The number of esters is 1. The normalized spacial score (nSPS) is 11.3. The number of halogens is 3. The van der Waals surface area contributed by atoms with Gasteiger partial charge in [0.15, 0.2) is 0 Å². The van der Waals surface area contributed by atoms with Crippen molar-refractivity contribution in [2.24, 2.45) is 0 Å². The van der Waals surface area contributed by atoms with Crippen LogP contribution in [0.3, 0.4) is 0 Å². The van der Waals surface area contributed by atoms with E-state index in [-0.39, 0.29) is 17.7 Å². The van der Waals surface area contributed by atoms with Crippen molar-refractivity contribution in [1.82, 2.24) is 0 Å². The van der Waals surface area contributed by atoms with E-state index < -0.39 is 24.3 Å². The second kappa shape index (κ2) is 6.83. The SMILES string of the molecule is CCOC(=O)c1ccccc1-c1ccc(C(F)(F)F)c(CO)c1. The molecule has 0 radical (unpaired) electrons. The third kappa shape index (κ3) is 3.71. The summed E-state index contributed by atoms with van der Waals surface area (Å²) in [5.74, 6) is -0.548. The average molecular weight is 324 g/mol. The van der Waals surface area contributed by atoms with Crippen molar-refractivity contribution in [2.45, 2.75) is 19.7 Å². The maximum absolute atomic E-state index is 12.9. The van der Waals surface area contributed by atoms with Crippen LogP contribution in [-0.4, -0.2) is 17.7 Å². The maximum atomic E-state index is 12.9. The van der Waals surface area contributed by atoms with Crippen LogP contribution in [-0.2, 0) is 17.5 Å². The van der Waals surface area contributed by atoms with Gasteiger partial charge in [-0.3, -0.25) is 0 Å². The Labute approximate surface area is 131 Å². The summed E-state index contributed by atoms with van der Waals surface area (Å²) in [4.78, 5) is 12.0. The molecule has 2 rings (SSSR count). The van der Waals surface area contributed by atoms with Crippen molar-refractivity contribution in [3.8, 4) is 11.1 Å². The fourth-order valence-corrected chi connectivity index (χ4v) is 2.29. The number of carbonyl (C=O) groups is 1. The van der Waals surface area contributed by atoms with Gasteiger partial charge < -0.3 is 9.84 Å². The Balaban J connectivity index is 2.54. The zero-order chi connectivity index (χ0) is 17.0. The summed E-state index contributed by atoms with van der Waals surface area (Å²) in [5.41, 5.74) is -0.0101. The molecular formula is C17H15F3O3. The molecule has 3 nitrogen and oxygen atoms in total. The Morgan fingerprint density at radius 1 is 1.17 bits per heavy atom. The number of ether oxygens (including phenoxy) is 1. The summed E-state index contributed by atoms with van der Waals surface area (Å²) < 4.78 is 43.6. The number of hydrogen-bond acceptors (Lipinski definition) is 3. The van der Waals surface area contributed by atoms with E-state index in [2.05, 4.69) is 0 Å². The van der Waals surface area contributed by atoms with Gasteiger partial charge in [-0.05, 0) is 41.8 Å². The highest BCUT2D eigenvalue weighted by Gasteiger charge is 2.33. The lowest BCUT2D eigenvalue weighted by atomic mass is 9.95. The van der Waals surface area contributed by atoms with Crippen molar-refractivity contribution in [1.29, 1.82) is 0 Å². The van der Waals surface area contributed by atoms with Crippen LogP contribution in [0.4, 0.5) is 13.2 Å². The number of aliphatic hydroxyl groups excluding tert-OH is 1. The van der Waals surface area contributed by atoms with E-state index in [1.165, 1.54) is 12.1 Å². The number of rotatable bonds is 4. The van der Waals surface area contributed by atoms with Crippen LogP contribution in [0.2, 0.25) is 0 Å². The van der Waals surface area contributed by atoms with Gasteiger partial charge in [-0.2, -0.15) is 13.2 Å². The summed E-state index contributed by atoms with van der Waals surface area (Å²) >= 11 is 0. The monoisotopic (exact) mass is 324 g/mol. The van der Waals surface area contributed by atoms with Crippen LogP contribution in [0, 0.1) is 0 Å². The Morgan fingerprint density at radius 3 is 2.48 bits per heavy atom. The molecule has 0 fully saturated rings. The molecule has 0 saturated carbocycles. The molecule has 0 aromatic heterocycles. The van der Waals surface area contributed by atoms with Crippen LogP contribution in [0.25, 0.3) is 11.1 Å². The predicted molar refractivity (Wildman–Crippen MR) is 78.8 cm³/mol. The lowest BCUT2D eigenvalue weighted by molar-refractivity contribution is -0.138. The van der Waals surface area contributed by atoms with E-state index in [9.17, 15) is 23.1 Å². The quantitative estimate of drug-likeness (QED) is 0.863. The molecule has 0 unspecified atom stereocenters. The highest BCUT2D eigenvalue weighted by atomic mass is 19.4. The number of alkyl halides is 3. The van der Waals surface area contributed by atoms with Gasteiger partial charge in [0.1, 0.15) is 0 Å². The molecule has 0 spiro atoms. The number of aliphatic hydroxyl groups is 1. The lowest BCUT2D eigenvalue weighted by Gasteiger charge is -2.14. The average Bonchev–Trinajstić information content (AvgIpc) is 2.53. The second-order valence-electron chi connectivity index (χ2n) is 4.79. The summed E-state index contributed by atoms with van der Waals surface area (Å²) in [6, 6.07) is 9.91. The predicted octanol–water partition coefficient (Wildman–Crippen LogP) is 4.04. The van der Waals surface area contributed by atoms with Gasteiger partial charge >= 0.3 is 12.1 Å². The van der Waals surface area contributed by atoms with Gasteiger partial charge in [0.25, 0.3) is 0 Å². The lowest BCUT2D eigenvalue weighted by Crippen LogP contribution is -2.10. The molecule has 0 amide bonds. The Kier molecular flexibility index (Phi) is 5.05. The van der Waals surface area contributed by atoms with Gasteiger partial charge in [0, 0.05) is 0 Å². The summed E-state index contributed by atoms with van der Waals surface area (Å²) in [6.45, 7) is 1.12. The highest BCUT2D eigenvalue weighted by molar-refractivity contribution is 5.97. The first-order valence-electron chi connectivity index (χ1n) is 6.96. The summed E-state index contributed by atoms with van der Waals surface area (Å²) in [6.07, 6.45) is -4.54. The number of hydrogen-bond donors (Lipinski definition) is 1. The molecule has 1 N–H and O–H groups in total. The molecule has 6 heteroatoms. The molecule has 2 aromatic carbocycles. The third-order valence-electron chi connectivity index (χ3n) is 3.31. The van der Waals surface area contributed by atoms with Gasteiger partial charge in [-0.1, -0.05) is 24.3 Å². The molecule has 2 aromatic rings. The second-order valence-corrected chi connectivity index (χ2v) is 4.79. The molecule has 23 heavy (non-hydrogen) atoms. The number of benzene rings is 2. The Bertz CT molecular complexity index is 708. The molecule has 0 aliphatic carbocycles. The highest BCUT2D eigenvalue weighted by Crippen LogP contribution is 2.35. The topological polar surface area (TPSA) is 46.5 Å².